The molecule has 7 rings (SSSR count). The predicted molar refractivity (Wildman–Crippen MR) is 166 cm³/mol. The predicted octanol–water partition coefficient (Wildman–Crippen LogP) is 5.11. The van der Waals surface area contributed by atoms with Crippen LogP contribution in [0.4, 0.5) is 5.69 Å². The number of nitrogens with zero attached hydrogens (tertiary/aromatic N) is 2. The van der Waals surface area contributed by atoms with Crippen molar-refractivity contribution in [3.8, 4) is 5.75 Å². The van der Waals surface area contributed by atoms with Crippen molar-refractivity contribution in [1.29, 1.82) is 0 Å². The van der Waals surface area contributed by atoms with Gasteiger partial charge in [-0.1, -0.05) is 32.9 Å². The second kappa shape index (κ2) is 11.3. The molecule has 4 aliphatic carbocycles. The normalized spacial score (nSPS) is 30.6. The lowest BCUT2D eigenvalue weighted by Gasteiger charge is -2.61. The summed E-state index contributed by atoms with van der Waals surface area (Å²) in [4.78, 5) is 21.0. The Kier molecular flexibility index (Phi) is 7.75. The molecule has 4 fully saturated rings. The molecule has 6 atom stereocenters. The molecule has 0 unspecified atom stereocenters. The highest BCUT2D eigenvalue weighted by Crippen LogP contribution is 2.61. The Bertz CT molecular complexity index is 1290. The maximum atomic E-state index is 13.2. The zero-order valence-electron chi connectivity index (χ0n) is 25.4. The lowest BCUT2D eigenvalue weighted by Crippen LogP contribution is -2.57. The summed E-state index contributed by atoms with van der Waals surface area (Å²) in [6.07, 6.45) is 5.20. The highest BCUT2D eigenvalue weighted by molar-refractivity contribution is 5.97. The van der Waals surface area contributed by atoms with Crippen LogP contribution < -0.4 is 20.7 Å². The van der Waals surface area contributed by atoms with E-state index < -0.39 is 0 Å². The number of carbonyl (C=O) groups is 1. The fourth-order valence-electron chi connectivity index (χ4n) is 7.96. The molecule has 3 saturated carbocycles. The molecule has 0 radical (unpaired) electrons. The summed E-state index contributed by atoms with van der Waals surface area (Å²) >= 11 is 0. The highest BCUT2D eigenvalue weighted by Gasteiger charge is 2.56. The maximum Gasteiger partial charge on any atom is 0.251 e. The number of piperazine rings is 1. The number of amides is 1. The van der Waals surface area contributed by atoms with Crippen LogP contribution >= 0.6 is 0 Å². The number of carbonyl (C=O) groups excluding carboxylic acids is 1. The quantitative estimate of drug-likeness (QED) is 0.352. The monoisotopic (exact) mass is 557 g/mol. The average Bonchev–Trinajstić information content (AvgIpc) is 2.97. The van der Waals surface area contributed by atoms with Crippen LogP contribution in [0.25, 0.3) is 0 Å². The van der Waals surface area contributed by atoms with E-state index in [0.29, 0.717) is 29.0 Å². The van der Waals surface area contributed by atoms with Gasteiger partial charge in [0, 0.05) is 43.0 Å². The van der Waals surface area contributed by atoms with Gasteiger partial charge in [0.1, 0.15) is 5.75 Å². The van der Waals surface area contributed by atoms with Gasteiger partial charge >= 0.3 is 0 Å². The Morgan fingerprint density at radius 3 is 2.63 bits per heavy atom. The first-order valence-corrected chi connectivity index (χ1v) is 15.6. The molecule has 41 heavy (non-hydrogen) atoms. The summed E-state index contributed by atoms with van der Waals surface area (Å²) in [6, 6.07) is 15.0. The van der Waals surface area contributed by atoms with Crippen molar-refractivity contribution in [3.05, 3.63) is 59.2 Å². The van der Waals surface area contributed by atoms with Crippen LogP contribution in [0, 0.1) is 23.2 Å². The number of hydrogen-bond donors (Lipinski definition) is 3. The Morgan fingerprint density at radius 2 is 1.93 bits per heavy atom. The number of hydrogen-bond acceptors (Lipinski definition) is 4. The third-order valence-corrected chi connectivity index (χ3v) is 10.7. The lowest BCUT2D eigenvalue weighted by atomic mass is 9.45. The molecular weight excluding hydrogens is 510 g/mol. The Hall–Kier alpha value is -3.06. The molecule has 1 amide bonds. The van der Waals surface area contributed by atoms with Gasteiger partial charge in [0.05, 0.1) is 13.2 Å². The first kappa shape index (κ1) is 28.1. The summed E-state index contributed by atoms with van der Waals surface area (Å²) in [6.45, 7) is 12.4. The largest absolute Gasteiger partial charge is 0.496 e. The molecule has 220 valence electrons. The smallest absolute Gasteiger partial charge is 0.251 e. The third kappa shape index (κ3) is 5.57. The van der Waals surface area contributed by atoms with E-state index in [2.05, 4.69) is 54.6 Å². The standard InChI is InChI=1S/C34H47N5O2/c1-21-20-39(16-15-35-21)33(38-30-19-25-18-29(22(30)2)34(25,3)4)37-26-11-9-23(10-12-26)32(40)36-27-13-14-28-24(17-27)7-6-8-31(28)41-5/h6-12,21-22,25,27,29-30,35H,13-20H2,1-5H3,(H,36,40)(H,37,38)/t21-,22-,25+,27+,29-,30-/m0/s1. The van der Waals surface area contributed by atoms with Gasteiger partial charge in [0.15, 0.2) is 5.96 Å². The zero-order valence-corrected chi connectivity index (χ0v) is 25.4. The van der Waals surface area contributed by atoms with E-state index in [1.54, 1.807) is 7.11 Å². The van der Waals surface area contributed by atoms with Gasteiger partial charge in [-0.2, -0.15) is 0 Å². The molecule has 2 bridgehead atoms. The van der Waals surface area contributed by atoms with Gasteiger partial charge in [0.25, 0.3) is 5.91 Å². The molecule has 2 aromatic carbocycles. The number of aliphatic imine (C=N–C) groups is 1. The lowest BCUT2D eigenvalue weighted by molar-refractivity contribution is -0.108. The van der Waals surface area contributed by atoms with E-state index in [4.69, 9.17) is 9.73 Å². The van der Waals surface area contributed by atoms with Crippen molar-refractivity contribution in [1.82, 2.24) is 15.5 Å². The number of methoxy groups -OCH3 is 1. The number of anilines is 1. The maximum absolute atomic E-state index is 13.2. The molecule has 7 nitrogen and oxygen atoms in total. The van der Waals surface area contributed by atoms with E-state index in [1.165, 1.54) is 24.0 Å². The third-order valence-electron chi connectivity index (χ3n) is 10.7. The number of fused-ring (bicyclic) bond motifs is 3. The molecule has 3 N–H and O–H groups in total. The van der Waals surface area contributed by atoms with Gasteiger partial charge in [-0.3, -0.25) is 4.79 Å². The van der Waals surface area contributed by atoms with E-state index in [-0.39, 0.29) is 11.9 Å². The molecule has 1 saturated heterocycles. The Morgan fingerprint density at radius 1 is 1.12 bits per heavy atom. The second-order valence-corrected chi connectivity index (χ2v) is 13.5. The van der Waals surface area contributed by atoms with E-state index in [1.807, 2.05) is 36.4 Å². The van der Waals surface area contributed by atoms with Crippen molar-refractivity contribution in [2.24, 2.45) is 28.2 Å². The second-order valence-electron chi connectivity index (χ2n) is 13.5. The first-order chi connectivity index (χ1) is 19.7. The van der Waals surface area contributed by atoms with Crippen molar-refractivity contribution in [2.45, 2.75) is 77.9 Å². The number of guanidine groups is 1. The van der Waals surface area contributed by atoms with E-state index in [9.17, 15) is 4.79 Å². The molecule has 7 heteroatoms. The minimum absolute atomic E-state index is 0.0180. The van der Waals surface area contributed by atoms with Gasteiger partial charge in [0.2, 0.25) is 0 Å². The highest BCUT2D eigenvalue weighted by atomic mass is 16.5. The minimum Gasteiger partial charge on any atom is -0.496 e. The summed E-state index contributed by atoms with van der Waals surface area (Å²) < 4.78 is 5.54. The molecule has 5 aliphatic rings. The molecule has 1 aliphatic heterocycles. The SMILES string of the molecule is COc1cccc2c1CC[C@@H](NC(=O)c1ccc(NC(=N[C@H]3C[C@H]4C[C@@H]([C@@H]3C)C4(C)C)N3CCN[C@@H](C)C3)cc1)C2. The van der Waals surface area contributed by atoms with Crippen molar-refractivity contribution >= 4 is 17.6 Å². The Balaban J connectivity index is 1.13. The summed E-state index contributed by atoms with van der Waals surface area (Å²) in [5.74, 6) is 4.03. The van der Waals surface area contributed by atoms with E-state index in [0.717, 1.165) is 68.1 Å². The summed E-state index contributed by atoms with van der Waals surface area (Å²) in [7, 11) is 1.72. The Labute approximate surface area is 245 Å². The fraction of sp³-hybridized carbons (Fsp3) is 0.588. The summed E-state index contributed by atoms with van der Waals surface area (Å²) in [5, 5.41) is 10.5. The van der Waals surface area contributed by atoms with Crippen molar-refractivity contribution in [2.75, 3.05) is 32.1 Å². The summed E-state index contributed by atoms with van der Waals surface area (Å²) in [5.41, 5.74) is 4.65. The average molecular weight is 558 g/mol. The van der Waals surface area contributed by atoms with Crippen LogP contribution in [0.1, 0.15) is 68.4 Å². The topological polar surface area (TPSA) is 78.0 Å². The van der Waals surface area contributed by atoms with Crippen LogP contribution in [0.2, 0.25) is 0 Å². The number of nitrogens with one attached hydrogen (secondary N) is 3. The molecule has 0 aromatic heterocycles. The number of rotatable bonds is 5. The molecule has 2 aromatic rings. The van der Waals surface area contributed by atoms with Crippen molar-refractivity contribution in [3.63, 3.8) is 0 Å². The molecule has 1 heterocycles. The van der Waals surface area contributed by atoms with Crippen LogP contribution in [0.15, 0.2) is 47.5 Å². The van der Waals surface area contributed by atoms with Crippen LogP contribution in [0.3, 0.4) is 0 Å². The minimum atomic E-state index is -0.0180. The van der Waals surface area contributed by atoms with Crippen molar-refractivity contribution < 1.29 is 9.53 Å². The fourth-order valence-corrected chi connectivity index (χ4v) is 7.96. The first-order valence-electron chi connectivity index (χ1n) is 15.6. The van der Waals surface area contributed by atoms with Crippen LogP contribution in [0.5, 0.6) is 5.75 Å². The number of benzene rings is 2. The van der Waals surface area contributed by atoms with Crippen LogP contribution in [-0.2, 0) is 12.8 Å². The molecule has 0 spiro atoms. The zero-order chi connectivity index (χ0) is 28.7. The van der Waals surface area contributed by atoms with Gasteiger partial charge in [-0.05, 0) is 104 Å². The number of ether oxygens (including phenoxy) is 1. The van der Waals surface area contributed by atoms with Gasteiger partial charge < -0.3 is 25.6 Å². The van der Waals surface area contributed by atoms with E-state index >= 15 is 0 Å². The van der Waals surface area contributed by atoms with Gasteiger partial charge in [-0.25, -0.2) is 4.99 Å². The van der Waals surface area contributed by atoms with Crippen LogP contribution in [-0.4, -0.2) is 61.6 Å². The molecular formula is C34H47N5O2. The van der Waals surface area contributed by atoms with Gasteiger partial charge in [-0.15, -0.1) is 0 Å².